The number of hydrogen-bond acceptors (Lipinski definition) is 3. The quantitative estimate of drug-likeness (QED) is 0.779. The van der Waals surface area contributed by atoms with Gasteiger partial charge in [-0.2, -0.15) is 0 Å². The lowest BCUT2D eigenvalue weighted by molar-refractivity contribution is -0.0905. The van der Waals surface area contributed by atoms with Crippen molar-refractivity contribution in [2.75, 3.05) is 14.2 Å². The molecule has 1 aliphatic carbocycles. The lowest BCUT2D eigenvalue weighted by Gasteiger charge is -2.31. The standard InChI is InChI=1S/C12H24O3/c1-6-8-7-9(12(2,3)13)11(15-5)10(8)14-4/h8-11,13H,6-7H2,1-5H3. The van der Waals surface area contributed by atoms with Crippen molar-refractivity contribution in [2.24, 2.45) is 11.8 Å². The molecule has 1 rings (SSSR count). The average Bonchev–Trinajstić information content (AvgIpc) is 2.54. The van der Waals surface area contributed by atoms with Crippen LogP contribution in [-0.4, -0.2) is 37.1 Å². The lowest BCUT2D eigenvalue weighted by atomic mass is 9.87. The summed E-state index contributed by atoms with van der Waals surface area (Å²) in [5.74, 6) is 0.661. The van der Waals surface area contributed by atoms with Crippen molar-refractivity contribution in [1.82, 2.24) is 0 Å². The summed E-state index contributed by atoms with van der Waals surface area (Å²) in [4.78, 5) is 0. The Balaban J connectivity index is 2.83. The van der Waals surface area contributed by atoms with E-state index in [-0.39, 0.29) is 18.1 Å². The SMILES string of the molecule is CCC1CC(C(C)(C)O)C(OC)C1OC. The van der Waals surface area contributed by atoms with E-state index < -0.39 is 5.60 Å². The van der Waals surface area contributed by atoms with Gasteiger partial charge in [-0.3, -0.25) is 0 Å². The van der Waals surface area contributed by atoms with Crippen LogP contribution in [0.4, 0.5) is 0 Å². The van der Waals surface area contributed by atoms with Crippen molar-refractivity contribution in [3.63, 3.8) is 0 Å². The van der Waals surface area contributed by atoms with Gasteiger partial charge in [-0.25, -0.2) is 0 Å². The molecule has 90 valence electrons. The van der Waals surface area contributed by atoms with Gasteiger partial charge in [0.25, 0.3) is 0 Å². The van der Waals surface area contributed by atoms with Gasteiger partial charge in [-0.1, -0.05) is 13.3 Å². The molecule has 0 aromatic rings. The molecule has 1 saturated carbocycles. The largest absolute Gasteiger partial charge is 0.390 e. The minimum absolute atomic E-state index is 0.0138. The fourth-order valence-corrected chi connectivity index (χ4v) is 2.81. The van der Waals surface area contributed by atoms with Crippen molar-refractivity contribution >= 4 is 0 Å². The molecule has 0 radical (unpaired) electrons. The minimum Gasteiger partial charge on any atom is -0.390 e. The van der Waals surface area contributed by atoms with E-state index in [0.29, 0.717) is 5.92 Å². The number of hydrogen-bond donors (Lipinski definition) is 1. The fourth-order valence-electron chi connectivity index (χ4n) is 2.81. The third kappa shape index (κ3) is 2.52. The van der Waals surface area contributed by atoms with Gasteiger partial charge < -0.3 is 14.6 Å². The summed E-state index contributed by atoms with van der Waals surface area (Å²) in [6.07, 6.45) is 2.19. The summed E-state index contributed by atoms with van der Waals surface area (Å²) >= 11 is 0. The fraction of sp³-hybridized carbons (Fsp3) is 1.00. The number of aliphatic hydroxyl groups is 1. The van der Waals surface area contributed by atoms with Gasteiger partial charge in [0.05, 0.1) is 17.8 Å². The first-order chi connectivity index (χ1) is 6.95. The van der Waals surface area contributed by atoms with E-state index in [1.54, 1.807) is 14.2 Å². The summed E-state index contributed by atoms with van der Waals surface area (Å²) < 4.78 is 11.0. The van der Waals surface area contributed by atoms with Crippen molar-refractivity contribution in [3.8, 4) is 0 Å². The molecule has 0 amide bonds. The van der Waals surface area contributed by atoms with E-state index in [1.807, 2.05) is 13.8 Å². The summed E-state index contributed by atoms with van der Waals surface area (Å²) in [6.45, 7) is 5.87. The smallest absolute Gasteiger partial charge is 0.0890 e. The van der Waals surface area contributed by atoms with Gasteiger partial charge in [-0.05, 0) is 26.2 Å². The molecule has 0 spiro atoms. The van der Waals surface area contributed by atoms with Crippen LogP contribution in [0.1, 0.15) is 33.6 Å². The number of ether oxygens (including phenoxy) is 2. The first-order valence-corrected chi connectivity index (χ1v) is 5.73. The molecule has 3 nitrogen and oxygen atoms in total. The summed E-state index contributed by atoms with van der Waals surface area (Å²) in [6, 6.07) is 0. The zero-order valence-electron chi connectivity index (χ0n) is 10.5. The average molecular weight is 216 g/mol. The summed E-state index contributed by atoms with van der Waals surface area (Å²) in [5, 5.41) is 10.1. The van der Waals surface area contributed by atoms with Crippen molar-refractivity contribution < 1.29 is 14.6 Å². The van der Waals surface area contributed by atoms with Gasteiger partial charge in [0.2, 0.25) is 0 Å². The number of rotatable bonds is 4. The Hall–Kier alpha value is -0.120. The van der Waals surface area contributed by atoms with Crippen LogP contribution in [0, 0.1) is 11.8 Å². The zero-order chi connectivity index (χ0) is 11.6. The molecule has 3 heteroatoms. The lowest BCUT2D eigenvalue weighted by Crippen LogP contribution is -2.41. The van der Waals surface area contributed by atoms with Crippen LogP contribution in [-0.2, 0) is 9.47 Å². The highest BCUT2D eigenvalue weighted by Crippen LogP contribution is 2.42. The van der Waals surface area contributed by atoms with Gasteiger partial charge in [0.15, 0.2) is 0 Å². The van der Waals surface area contributed by atoms with Crippen LogP contribution >= 0.6 is 0 Å². The molecular weight excluding hydrogens is 192 g/mol. The van der Waals surface area contributed by atoms with E-state index in [1.165, 1.54) is 0 Å². The first kappa shape index (κ1) is 12.9. The molecule has 1 aliphatic rings. The second kappa shape index (κ2) is 4.81. The topological polar surface area (TPSA) is 38.7 Å². The van der Waals surface area contributed by atoms with Crippen LogP contribution < -0.4 is 0 Å². The predicted molar refractivity (Wildman–Crippen MR) is 59.8 cm³/mol. The van der Waals surface area contributed by atoms with Gasteiger partial charge in [-0.15, -0.1) is 0 Å². The van der Waals surface area contributed by atoms with Crippen LogP contribution in [0.3, 0.4) is 0 Å². The van der Waals surface area contributed by atoms with Crippen LogP contribution in [0.2, 0.25) is 0 Å². The van der Waals surface area contributed by atoms with Crippen LogP contribution in [0.25, 0.3) is 0 Å². The minimum atomic E-state index is -0.693. The predicted octanol–water partition coefficient (Wildman–Crippen LogP) is 1.83. The Bertz CT molecular complexity index is 198. The monoisotopic (exact) mass is 216 g/mol. The van der Waals surface area contributed by atoms with Gasteiger partial charge in [0.1, 0.15) is 0 Å². The van der Waals surface area contributed by atoms with E-state index in [0.717, 1.165) is 12.8 Å². The molecule has 0 aromatic heterocycles. The zero-order valence-corrected chi connectivity index (χ0v) is 10.5. The normalized spacial score (nSPS) is 37.2. The second-order valence-corrected chi connectivity index (χ2v) is 5.06. The molecule has 0 aliphatic heterocycles. The van der Waals surface area contributed by atoms with Crippen LogP contribution in [0.15, 0.2) is 0 Å². The van der Waals surface area contributed by atoms with Crippen LogP contribution in [0.5, 0.6) is 0 Å². The highest BCUT2D eigenvalue weighted by atomic mass is 16.5. The molecule has 15 heavy (non-hydrogen) atoms. The van der Waals surface area contributed by atoms with Crippen molar-refractivity contribution in [3.05, 3.63) is 0 Å². The highest BCUT2D eigenvalue weighted by molar-refractivity contribution is 4.98. The van der Waals surface area contributed by atoms with E-state index in [2.05, 4.69) is 6.92 Å². The molecule has 1 N–H and O–H groups in total. The van der Waals surface area contributed by atoms with E-state index in [4.69, 9.17) is 9.47 Å². The van der Waals surface area contributed by atoms with Gasteiger partial charge in [0, 0.05) is 20.1 Å². The van der Waals surface area contributed by atoms with Crippen molar-refractivity contribution in [2.45, 2.75) is 51.4 Å². The molecule has 0 aromatic carbocycles. The Morgan fingerprint density at radius 2 is 1.73 bits per heavy atom. The molecule has 0 saturated heterocycles. The maximum absolute atomic E-state index is 10.1. The van der Waals surface area contributed by atoms with Crippen molar-refractivity contribution in [1.29, 1.82) is 0 Å². The summed E-state index contributed by atoms with van der Waals surface area (Å²) in [7, 11) is 3.43. The Labute approximate surface area is 92.8 Å². The molecular formula is C12H24O3. The Morgan fingerprint density at radius 3 is 2.07 bits per heavy atom. The Kier molecular flexibility index (Phi) is 4.15. The molecule has 0 heterocycles. The summed E-state index contributed by atoms with van der Waals surface area (Å²) in [5.41, 5.74) is -0.693. The second-order valence-electron chi connectivity index (χ2n) is 5.06. The van der Waals surface area contributed by atoms with E-state index >= 15 is 0 Å². The maximum atomic E-state index is 10.1. The molecule has 1 fully saturated rings. The molecule has 4 unspecified atom stereocenters. The molecule has 0 bridgehead atoms. The first-order valence-electron chi connectivity index (χ1n) is 5.73. The van der Waals surface area contributed by atoms with Gasteiger partial charge >= 0.3 is 0 Å². The maximum Gasteiger partial charge on any atom is 0.0890 e. The third-order valence-corrected chi connectivity index (χ3v) is 3.72. The highest BCUT2D eigenvalue weighted by Gasteiger charge is 2.48. The molecule has 4 atom stereocenters. The van der Waals surface area contributed by atoms with E-state index in [9.17, 15) is 5.11 Å². The third-order valence-electron chi connectivity index (χ3n) is 3.72. The Morgan fingerprint density at radius 1 is 1.20 bits per heavy atom. The number of methoxy groups -OCH3 is 2.